The molecule has 0 aliphatic rings. The summed E-state index contributed by atoms with van der Waals surface area (Å²) < 4.78 is 0.751. The Balaban J connectivity index is 2.34. The molecule has 104 valence electrons. The Labute approximate surface area is 130 Å². The van der Waals surface area contributed by atoms with E-state index in [-0.39, 0.29) is 0 Å². The van der Waals surface area contributed by atoms with E-state index >= 15 is 0 Å². The lowest BCUT2D eigenvalue weighted by Gasteiger charge is -2.14. The van der Waals surface area contributed by atoms with Crippen LogP contribution in [0, 0.1) is 6.92 Å². The van der Waals surface area contributed by atoms with E-state index in [1.54, 1.807) is 18.3 Å². The number of nitrogens with zero attached hydrogens (tertiary/aromatic N) is 1. The topological polar surface area (TPSA) is 50.2 Å². The molecule has 2 aromatic rings. The van der Waals surface area contributed by atoms with E-state index in [4.69, 9.17) is 11.6 Å². The SMILES string of the molecule is Cc1ccnc(C(Cc2ccc(Cl)cc2)C(=O)O)c1Br. The van der Waals surface area contributed by atoms with Crippen molar-refractivity contribution in [1.29, 1.82) is 0 Å². The minimum atomic E-state index is -0.890. The predicted octanol–water partition coefficient (Wildman–Crippen LogP) is 4.22. The molecular formula is C15H13BrClNO2. The fourth-order valence-corrected chi connectivity index (χ4v) is 2.60. The molecular weight excluding hydrogens is 342 g/mol. The van der Waals surface area contributed by atoms with Gasteiger partial charge < -0.3 is 5.11 Å². The van der Waals surface area contributed by atoms with Crippen LogP contribution in [0.3, 0.4) is 0 Å². The second-order valence-corrected chi connectivity index (χ2v) is 5.78. The molecule has 3 nitrogen and oxygen atoms in total. The average Bonchev–Trinajstić information content (AvgIpc) is 2.41. The van der Waals surface area contributed by atoms with Crippen molar-refractivity contribution in [1.82, 2.24) is 4.98 Å². The van der Waals surface area contributed by atoms with Crippen molar-refractivity contribution in [3.63, 3.8) is 0 Å². The molecule has 1 heterocycles. The molecule has 0 radical (unpaired) electrons. The van der Waals surface area contributed by atoms with Crippen molar-refractivity contribution < 1.29 is 9.90 Å². The molecule has 0 fully saturated rings. The lowest BCUT2D eigenvalue weighted by Crippen LogP contribution is -2.16. The highest BCUT2D eigenvalue weighted by atomic mass is 79.9. The molecule has 1 aromatic heterocycles. The highest BCUT2D eigenvalue weighted by molar-refractivity contribution is 9.10. The van der Waals surface area contributed by atoms with E-state index in [1.165, 1.54) is 0 Å². The monoisotopic (exact) mass is 353 g/mol. The molecule has 0 saturated heterocycles. The van der Waals surface area contributed by atoms with Crippen LogP contribution < -0.4 is 0 Å². The van der Waals surface area contributed by atoms with E-state index in [2.05, 4.69) is 20.9 Å². The summed E-state index contributed by atoms with van der Waals surface area (Å²) in [4.78, 5) is 15.8. The van der Waals surface area contributed by atoms with Gasteiger partial charge in [-0.15, -0.1) is 0 Å². The molecule has 5 heteroatoms. The molecule has 0 spiro atoms. The molecule has 1 aromatic carbocycles. The molecule has 0 bridgehead atoms. The van der Waals surface area contributed by atoms with Gasteiger partial charge in [0.1, 0.15) is 5.92 Å². The molecule has 1 unspecified atom stereocenters. The van der Waals surface area contributed by atoms with Gasteiger partial charge in [0.15, 0.2) is 0 Å². The number of halogens is 2. The maximum Gasteiger partial charge on any atom is 0.312 e. The summed E-state index contributed by atoms with van der Waals surface area (Å²) in [7, 11) is 0. The summed E-state index contributed by atoms with van der Waals surface area (Å²) in [5.74, 6) is -1.58. The number of rotatable bonds is 4. The van der Waals surface area contributed by atoms with Crippen LogP contribution in [-0.2, 0) is 11.2 Å². The maximum absolute atomic E-state index is 11.5. The standard InChI is InChI=1S/C15H13BrClNO2/c1-9-6-7-18-14(13(9)16)12(15(19)20)8-10-2-4-11(17)5-3-10/h2-7,12H,8H2,1H3,(H,19,20). The number of aryl methyl sites for hydroxylation is 1. The van der Waals surface area contributed by atoms with Gasteiger partial charge in [-0.1, -0.05) is 23.7 Å². The first kappa shape index (κ1) is 15.0. The van der Waals surface area contributed by atoms with Crippen molar-refractivity contribution in [2.45, 2.75) is 19.3 Å². The Morgan fingerprint density at radius 1 is 1.35 bits per heavy atom. The number of carboxylic acids is 1. The number of aliphatic carboxylic acids is 1. The quantitative estimate of drug-likeness (QED) is 0.894. The van der Waals surface area contributed by atoms with Crippen LogP contribution in [0.4, 0.5) is 0 Å². The number of benzene rings is 1. The van der Waals surface area contributed by atoms with Crippen LogP contribution in [0.2, 0.25) is 5.02 Å². The highest BCUT2D eigenvalue weighted by Crippen LogP contribution is 2.29. The third-order valence-electron chi connectivity index (χ3n) is 3.09. The molecule has 0 aliphatic heterocycles. The van der Waals surface area contributed by atoms with E-state index in [9.17, 15) is 9.90 Å². The summed E-state index contributed by atoms with van der Waals surface area (Å²) >= 11 is 9.26. The van der Waals surface area contributed by atoms with Gasteiger partial charge in [-0.25, -0.2) is 0 Å². The summed E-state index contributed by atoms with van der Waals surface area (Å²) in [6, 6.07) is 9.03. The largest absolute Gasteiger partial charge is 0.481 e. The third-order valence-corrected chi connectivity index (χ3v) is 4.37. The number of aromatic nitrogens is 1. The van der Waals surface area contributed by atoms with E-state index in [0.29, 0.717) is 17.1 Å². The van der Waals surface area contributed by atoms with Gasteiger partial charge in [0.05, 0.1) is 5.69 Å². The summed E-state index contributed by atoms with van der Waals surface area (Å²) in [6.45, 7) is 1.91. The molecule has 0 amide bonds. The second-order valence-electron chi connectivity index (χ2n) is 4.55. The fraction of sp³-hybridized carbons (Fsp3) is 0.200. The minimum absolute atomic E-state index is 0.377. The van der Waals surface area contributed by atoms with Gasteiger partial charge in [-0.2, -0.15) is 0 Å². The Bertz CT molecular complexity index is 628. The zero-order valence-electron chi connectivity index (χ0n) is 10.8. The lowest BCUT2D eigenvalue weighted by atomic mass is 9.95. The average molecular weight is 355 g/mol. The van der Waals surface area contributed by atoms with E-state index in [1.807, 2.05) is 25.1 Å². The number of pyridine rings is 1. The van der Waals surface area contributed by atoms with Gasteiger partial charge >= 0.3 is 5.97 Å². The highest BCUT2D eigenvalue weighted by Gasteiger charge is 2.24. The Hall–Kier alpha value is -1.39. The first-order valence-corrected chi connectivity index (χ1v) is 7.24. The summed E-state index contributed by atoms with van der Waals surface area (Å²) in [5.41, 5.74) is 2.43. The van der Waals surface area contributed by atoms with Crippen LogP contribution in [-0.4, -0.2) is 16.1 Å². The van der Waals surface area contributed by atoms with Crippen LogP contribution in [0.25, 0.3) is 0 Å². The fourth-order valence-electron chi connectivity index (χ4n) is 1.96. The number of carboxylic acid groups (broad SMARTS) is 1. The van der Waals surface area contributed by atoms with Gasteiger partial charge in [0.2, 0.25) is 0 Å². The molecule has 0 aliphatic carbocycles. The summed E-state index contributed by atoms with van der Waals surface area (Å²) in [6.07, 6.45) is 2.01. The van der Waals surface area contributed by atoms with E-state index in [0.717, 1.165) is 15.6 Å². The number of hydrogen-bond acceptors (Lipinski definition) is 2. The molecule has 1 atom stereocenters. The minimum Gasteiger partial charge on any atom is -0.481 e. The van der Waals surface area contributed by atoms with Crippen molar-refractivity contribution >= 4 is 33.5 Å². The van der Waals surface area contributed by atoms with Crippen molar-refractivity contribution in [3.8, 4) is 0 Å². The molecule has 2 rings (SSSR count). The smallest absolute Gasteiger partial charge is 0.312 e. The Morgan fingerprint density at radius 3 is 2.60 bits per heavy atom. The van der Waals surface area contributed by atoms with Gasteiger partial charge in [0.25, 0.3) is 0 Å². The maximum atomic E-state index is 11.5. The molecule has 1 N–H and O–H groups in total. The van der Waals surface area contributed by atoms with Crippen LogP contribution >= 0.6 is 27.5 Å². The van der Waals surface area contributed by atoms with Gasteiger partial charge in [0, 0.05) is 15.7 Å². The molecule has 20 heavy (non-hydrogen) atoms. The van der Waals surface area contributed by atoms with Crippen LogP contribution in [0.15, 0.2) is 41.0 Å². The number of carbonyl (C=O) groups is 1. The van der Waals surface area contributed by atoms with Gasteiger partial charge in [-0.3, -0.25) is 9.78 Å². The normalized spacial score (nSPS) is 12.2. The van der Waals surface area contributed by atoms with Crippen LogP contribution in [0.1, 0.15) is 22.7 Å². The van der Waals surface area contributed by atoms with Crippen molar-refractivity contribution in [3.05, 3.63) is 62.8 Å². The lowest BCUT2D eigenvalue weighted by molar-refractivity contribution is -0.138. The molecule has 0 saturated carbocycles. The third kappa shape index (κ3) is 3.38. The first-order chi connectivity index (χ1) is 9.49. The van der Waals surface area contributed by atoms with Gasteiger partial charge in [-0.05, 0) is 58.6 Å². The zero-order chi connectivity index (χ0) is 14.7. The summed E-state index contributed by atoms with van der Waals surface area (Å²) in [5, 5.41) is 10.1. The van der Waals surface area contributed by atoms with Crippen molar-refractivity contribution in [2.24, 2.45) is 0 Å². The first-order valence-electron chi connectivity index (χ1n) is 6.07. The Morgan fingerprint density at radius 2 is 2.00 bits per heavy atom. The van der Waals surface area contributed by atoms with Crippen LogP contribution in [0.5, 0.6) is 0 Å². The number of hydrogen-bond donors (Lipinski definition) is 1. The predicted molar refractivity (Wildman–Crippen MR) is 82.2 cm³/mol. The Kier molecular flexibility index (Phi) is 4.78. The second kappa shape index (κ2) is 6.37. The van der Waals surface area contributed by atoms with Crippen molar-refractivity contribution in [2.75, 3.05) is 0 Å². The van der Waals surface area contributed by atoms with E-state index < -0.39 is 11.9 Å². The zero-order valence-corrected chi connectivity index (χ0v) is 13.1.